The van der Waals surface area contributed by atoms with E-state index in [1.165, 1.54) is 11.3 Å². The van der Waals surface area contributed by atoms with Gasteiger partial charge in [0.05, 0.1) is 6.04 Å². The molecule has 1 aromatic carbocycles. The summed E-state index contributed by atoms with van der Waals surface area (Å²) in [6, 6.07) is 8.45. The maximum absolute atomic E-state index is 12.3. The molecule has 5 nitrogen and oxygen atoms in total. The van der Waals surface area contributed by atoms with Crippen LogP contribution in [-0.2, 0) is 11.2 Å². The number of nitrogens with one attached hydrogen (secondary N) is 1. The van der Waals surface area contributed by atoms with Crippen molar-refractivity contribution in [3.63, 3.8) is 0 Å². The Balaban J connectivity index is 1.73. The highest BCUT2D eigenvalue weighted by Gasteiger charge is 2.23. The van der Waals surface area contributed by atoms with E-state index in [4.69, 9.17) is 0 Å². The van der Waals surface area contributed by atoms with Gasteiger partial charge >= 0.3 is 0 Å². The van der Waals surface area contributed by atoms with Crippen LogP contribution in [0.3, 0.4) is 0 Å². The molecule has 1 aliphatic rings. The van der Waals surface area contributed by atoms with E-state index in [1.54, 1.807) is 0 Å². The predicted octanol–water partition coefficient (Wildman–Crippen LogP) is 1.05. The number of nitrogens with zero attached hydrogens (tertiary/aromatic N) is 3. The zero-order chi connectivity index (χ0) is 16.8. The van der Waals surface area contributed by atoms with E-state index in [-0.39, 0.29) is 11.9 Å². The van der Waals surface area contributed by atoms with Crippen molar-refractivity contribution in [3.05, 3.63) is 29.8 Å². The third kappa shape index (κ3) is 5.22. The molecular weight excluding hydrogens is 288 g/mol. The minimum Gasteiger partial charge on any atom is -0.378 e. The molecule has 1 fully saturated rings. The molecule has 1 saturated heterocycles. The average molecular weight is 318 g/mol. The first kappa shape index (κ1) is 17.8. The minimum atomic E-state index is -0.0418. The third-order valence-corrected chi connectivity index (χ3v) is 4.63. The number of amides is 1. The quantitative estimate of drug-likeness (QED) is 0.851. The summed E-state index contributed by atoms with van der Waals surface area (Å²) < 4.78 is 0. The molecule has 0 bridgehead atoms. The van der Waals surface area contributed by atoms with Crippen LogP contribution in [0.4, 0.5) is 5.69 Å². The summed E-state index contributed by atoms with van der Waals surface area (Å²) in [5, 5.41) is 3.07. The standard InChI is InChI=1S/C18H30N4O/c1-15(22-13-11-21(4)12-14-22)18(23)19-10-9-16-5-7-17(8-6-16)20(2)3/h5-8,15H,9-14H2,1-4H3,(H,19,23)/t15-/m0/s1. The molecule has 0 unspecified atom stereocenters. The maximum atomic E-state index is 12.3. The summed E-state index contributed by atoms with van der Waals surface area (Å²) in [5.41, 5.74) is 2.45. The predicted molar refractivity (Wildman–Crippen MR) is 96.0 cm³/mol. The van der Waals surface area contributed by atoms with E-state index in [0.717, 1.165) is 32.6 Å². The van der Waals surface area contributed by atoms with E-state index in [1.807, 2.05) is 21.0 Å². The molecular formula is C18H30N4O. The zero-order valence-corrected chi connectivity index (χ0v) is 14.9. The van der Waals surface area contributed by atoms with Crippen molar-refractivity contribution < 1.29 is 4.79 Å². The molecule has 0 saturated carbocycles. The summed E-state index contributed by atoms with van der Waals surface area (Å²) in [7, 11) is 6.20. The number of anilines is 1. The van der Waals surface area contributed by atoms with Crippen LogP contribution in [0.5, 0.6) is 0 Å². The summed E-state index contributed by atoms with van der Waals surface area (Å²) in [6.45, 7) is 6.71. The van der Waals surface area contributed by atoms with E-state index < -0.39 is 0 Å². The van der Waals surface area contributed by atoms with Gasteiger partial charge in [0, 0.05) is 52.5 Å². The van der Waals surface area contributed by atoms with Gasteiger partial charge in [-0.25, -0.2) is 0 Å². The molecule has 128 valence electrons. The lowest BCUT2D eigenvalue weighted by Gasteiger charge is -2.35. The van der Waals surface area contributed by atoms with Crippen LogP contribution in [0.2, 0.25) is 0 Å². The number of carbonyl (C=O) groups excluding carboxylic acids is 1. The van der Waals surface area contributed by atoms with Crippen LogP contribution >= 0.6 is 0 Å². The van der Waals surface area contributed by atoms with Gasteiger partial charge < -0.3 is 15.1 Å². The monoisotopic (exact) mass is 318 g/mol. The first-order chi connectivity index (χ1) is 11.0. The molecule has 0 radical (unpaired) electrons. The van der Waals surface area contributed by atoms with Crippen molar-refractivity contribution in [2.75, 3.05) is 58.8 Å². The van der Waals surface area contributed by atoms with Crippen LogP contribution in [0.25, 0.3) is 0 Å². The molecule has 1 N–H and O–H groups in total. The SMILES string of the molecule is C[C@@H](C(=O)NCCc1ccc(N(C)C)cc1)N1CCN(C)CC1. The lowest BCUT2D eigenvalue weighted by Crippen LogP contribution is -2.53. The summed E-state index contributed by atoms with van der Waals surface area (Å²) in [6.07, 6.45) is 0.870. The van der Waals surface area contributed by atoms with Crippen molar-refractivity contribution in [2.45, 2.75) is 19.4 Å². The molecule has 1 amide bonds. The number of carbonyl (C=O) groups is 1. The van der Waals surface area contributed by atoms with E-state index in [0.29, 0.717) is 6.54 Å². The molecule has 0 spiro atoms. The normalized spacial score (nSPS) is 17.7. The Morgan fingerprint density at radius 3 is 2.35 bits per heavy atom. The number of rotatable bonds is 6. The van der Waals surface area contributed by atoms with Crippen LogP contribution in [0, 0.1) is 0 Å². The van der Waals surface area contributed by atoms with Crippen molar-refractivity contribution in [1.82, 2.24) is 15.1 Å². The topological polar surface area (TPSA) is 38.8 Å². The largest absolute Gasteiger partial charge is 0.378 e. The Labute approximate surface area is 140 Å². The van der Waals surface area contributed by atoms with Gasteiger partial charge in [-0.05, 0) is 38.1 Å². The summed E-state index contributed by atoms with van der Waals surface area (Å²) >= 11 is 0. The van der Waals surface area contributed by atoms with Crippen LogP contribution < -0.4 is 10.2 Å². The molecule has 0 aliphatic carbocycles. The molecule has 23 heavy (non-hydrogen) atoms. The van der Waals surface area contributed by atoms with Gasteiger partial charge in [0.1, 0.15) is 0 Å². The maximum Gasteiger partial charge on any atom is 0.237 e. The number of likely N-dealkylation sites (N-methyl/N-ethyl adjacent to an activating group) is 1. The van der Waals surface area contributed by atoms with Gasteiger partial charge in [0.2, 0.25) is 5.91 Å². The smallest absolute Gasteiger partial charge is 0.237 e. The minimum absolute atomic E-state index is 0.0418. The van der Waals surface area contributed by atoms with E-state index in [2.05, 4.69) is 51.3 Å². The van der Waals surface area contributed by atoms with Gasteiger partial charge in [-0.15, -0.1) is 0 Å². The van der Waals surface area contributed by atoms with Gasteiger partial charge in [-0.1, -0.05) is 12.1 Å². The lowest BCUT2D eigenvalue weighted by atomic mass is 10.1. The highest BCUT2D eigenvalue weighted by molar-refractivity contribution is 5.81. The fourth-order valence-corrected chi connectivity index (χ4v) is 2.81. The fraction of sp³-hybridized carbons (Fsp3) is 0.611. The molecule has 0 aromatic heterocycles. The van der Waals surface area contributed by atoms with Gasteiger partial charge in [0.15, 0.2) is 0 Å². The van der Waals surface area contributed by atoms with Gasteiger partial charge in [0.25, 0.3) is 0 Å². The zero-order valence-electron chi connectivity index (χ0n) is 14.9. The molecule has 1 aromatic rings. The molecule has 1 heterocycles. The molecule has 5 heteroatoms. The van der Waals surface area contributed by atoms with E-state index >= 15 is 0 Å². The van der Waals surface area contributed by atoms with Crippen molar-refractivity contribution in [1.29, 1.82) is 0 Å². The van der Waals surface area contributed by atoms with E-state index in [9.17, 15) is 4.79 Å². The molecule has 1 atom stereocenters. The fourth-order valence-electron chi connectivity index (χ4n) is 2.81. The van der Waals surface area contributed by atoms with Gasteiger partial charge in [-0.2, -0.15) is 0 Å². The summed E-state index contributed by atoms with van der Waals surface area (Å²) in [4.78, 5) is 18.9. The Kier molecular flexibility index (Phi) is 6.42. The number of hydrogen-bond acceptors (Lipinski definition) is 4. The Bertz CT molecular complexity index is 492. The molecule has 2 rings (SSSR count). The van der Waals surface area contributed by atoms with Crippen LogP contribution in [-0.4, -0.2) is 75.6 Å². The second-order valence-electron chi connectivity index (χ2n) is 6.62. The Morgan fingerprint density at radius 1 is 1.17 bits per heavy atom. The highest BCUT2D eigenvalue weighted by Crippen LogP contribution is 2.12. The Hall–Kier alpha value is -1.59. The number of benzene rings is 1. The first-order valence-corrected chi connectivity index (χ1v) is 8.44. The lowest BCUT2D eigenvalue weighted by molar-refractivity contribution is -0.126. The summed E-state index contributed by atoms with van der Waals surface area (Å²) in [5.74, 6) is 0.138. The molecule has 1 aliphatic heterocycles. The first-order valence-electron chi connectivity index (χ1n) is 8.44. The van der Waals surface area contributed by atoms with Crippen molar-refractivity contribution in [2.24, 2.45) is 0 Å². The number of hydrogen-bond donors (Lipinski definition) is 1. The third-order valence-electron chi connectivity index (χ3n) is 4.63. The Morgan fingerprint density at radius 2 is 1.78 bits per heavy atom. The number of piperazine rings is 1. The van der Waals surface area contributed by atoms with Gasteiger partial charge in [-0.3, -0.25) is 9.69 Å². The van der Waals surface area contributed by atoms with Crippen molar-refractivity contribution in [3.8, 4) is 0 Å². The van der Waals surface area contributed by atoms with Crippen LogP contribution in [0.15, 0.2) is 24.3 Å². The highest BCUT2D eigenvalue weighted by atomic mass is 16.2. The van der Waals surface area contributed by atoms with Crippen LogP contribution in [0.1, 0.15) is 12.5 Å². The second-order valence-corrected chi connectivity index (χ2v) is 6.62. The van der Waals surface area contributed by atoms with Crippen molar-refractivity contribution >= 4 is 11.6 Å². The second kappa shape index (κ2) is 8.31. The average Bonchev–Trinajstić information content (AvgIpc) is 2.55.